The number of aromatic carboxylic acids is 1. The number of nitrogens with one attached hydrogen (secondary N) is 4. The minimum atomic E-state index is -1.17. The fourth-order valence-corrected chi connectivity index (χ4v) is 11.9. The number of carboxylic acid groups (broad SMARTS) is 1. The predicted octanol–water partition coefficient (Wildman–Crippen LogP) is 10.2. The molecule has 15 nitrogen and oxygen atoms in total. The summed E-state index contributed by atoms with van der Waals surface area (Å²) in [5.74, 6) is -1.02. The van der Waals surface area contributed by atoms with Gasteiger partial charge in [-0.15, -0.1) is 11.3 Å². The molecule has 2 aliphatic heterocycles. The number of fused-ring (bicyclic) bond motifs is 1. The smallest absolute Gasteiger partial charge is 0.349 e. The number of aryl methyl sites for hydroxylation is 1. The number of thiophene rings is 1. The Kier molecular flexibility index (Phi) is 21.6. The summed E-state index contributed by atoms with van der Waals surface area (Å²) in [4.78, 5) is 66.6. The van der Waals surface area contributed by atoms with Crippen molar-refractivity contribution >= 4 is 106 Å². The number of benzene rings is 4. The number of carboxylic acids is 1. The third kappa shape index (κ3) is 13.8. The number of hydrogen-bond donors (Lipinski definition) is 6. The molecule has 3 heterocycles. The molecule has 3 unspecified atom stereocenters. The average Bonchev–Trinajstić information content (AvgIpc) is 3.71. The van der Waals surface area contributed by atoms with Gasteiger partial charge in [-0.25, -0.2) is 9.10 Å². The van der Waals surface area contributed by atoms with E-state index < -0.39 is 17.9 Å². The number of nitrogens with zero attached hydrogens (tertiary/aromatic N) is 3. The van der Waals surface area contributed by atoms with Gasteiger partial charge in [0.25, 0.3) is 0 Å². The molecule has 0 radical (unpaired) electrons. The van der Waals surface area contributed by atoms with Crippen molar-refractivity contribution in [1.82, 2.24) is 14.9 Å². The zero-order chi connectivity index (χ0) is 52.5. The number of halogens is 1. The predicted molar refractivity (Wildman–Crippen MR) is 295 cm³/mol. The van der Waals surface area contributed by atoms with E-state index in [9.17, 15) is 29.1 Å². The van der Waals surface area contributed by atoms with Gasteiger partial charge in [0.2, 0.25) is 18.2 Å². The first-order chi connectivity index (χ1) is 34.8. The summed E-state index contributed by atoms with van der Waals surface area (Å²) >= 11 is 9.45. The van der Waals surface area contributed by atoms with E-state index in [1.54, 1.807) is 0 Å². The monoisotopic (exact) mass is 1040 g/mol. The van der Waals surface area contributed by atoms with Crippen LogP contribution in [0.15, 0.2) is 77.8 Å². The Hall–Kier alpha value is -5.82. The summed E-state index contributed by atoms with van der Waals surface area (Å²) < 4.78 is 7.86. The van der Waals surface area contributed by atoms with Crippen molar-refractivity contribution in [3.8, 4) is 16.2 Å². The lowest BCUT2D eigenvalue weighted by atomic mass is 9.86. The number of aldehydes is 1. The molecule has 1 aromatic heterocycles. The number of rotatable bonds is 22. The van der Waals surface area contributed by atoms with Crippen LogP contribution in [0.5, 0.6) is 5.75 Å². The van der Waals surface area contributed by atoms with E-state index in [1.165, 1.54) is 4.90 Å². The minimum Gasteiger partial charge on any atom is -0.483 e. The first-order valence-corrected chi connectivity index (χ1v) is 26.3. The van der Waals surface area contributed by atoms with Gasteiger partial charge < -0.3 is 35.8 Å². The molecule has 6 N–H and O–H groups in total. The highest BCUT2D eigenvalue weighted by Crippen LogP contribution is 2.46. The Balaban J connectivity index is 0.00000235. The number of aliphatic hydroxyl groups is 1. The molecule has 7 rings (SSSR count). The van der Waals surface area contributed by atoms with Gasteiger partial charge in [-0.1, -0.05) is 79.9 Å². The topological polar surface area (TPSA) is 202 Å². The van der Waals surface area contributed by atoms with Crippen molar-refractivity contribution in [1.29, 1.82) is 0 Å². The highest BCUT2D eigenvalue weighted by atomic mass is 35.5. The van der Waals surface area contributed by atoms with Crippen LogP contribution in [0.25, 0.3) is 21.2 Å². The van der Waals surface area contributed by atoms with Crippen LogP contribution >= 0.6 is 34.9 Å². The maximum atomic E-state index is 12.9. The van der Waals surface area contributed by atoms with Crippen LogP contribution in [0.3, 0.4) is 0 Å². The zero-order valence-corrected chi connectivity index (χ0v) is 44.6. The molecule has 386 valence electrons. The van der Waals surface area contributed by atoms with Crippen molar-refractivity contribution in [2.75, 3.05) is 55.9 Å². The number of aliphatic imine (C=N–C) groups is 1. The number of ether oxygens (including phenoxy) is 1. The average molecular weight is 1040 g/mol. The minimum absolute atomic E-state index is 0.00601. The summed E-state index contributed by atoms with van der Waals surface area (Å²) in [6.45, 7) is 16.5. The molecule has 0 spiro atoms. The van der Waals surface area contributed by atoms with E-state index >= 15 is 0 Å². The Bertz CT molecular complexity index is 2700. The molecule has 4 aromatic carbocycles. The largest absolute Gasteiger partial charge is 0.483 e. The quantitative estimate of drug-likeness (QED) is 0.0166. The molecule has 0 aliphatic carbocycles. The third-order valence-electron chi connectivity index (χ3n) is 12.7. The number of anilines is 3. The second-order valence-corrected chi connectivity index (χ2v) is 20.1. The van der Waals surface area contributed by atoms with Gasteiger partial charge >= 0.3 is 5.97 Å². The fourth-order valence-electron chi connectivity index (χ4n) is 9.37. The van der Waals surface area contributed by atoms with Crippen LogP contribution in [0.1, 0.15) is 98.5 Å². The maximum Gasteiger partial charge on any atom is 0.349 e. The summed E-state index contributed by atoms with van der Waals surface area (Å²) in [5.41, 5.74) is 7.21. The molecule has 2 aliphatic rings. The van der Waals surface area contributed by atoms with Gasteiger partial charge in [0.1, 0.15) is 17.7 Å². The summed E-state index contributed by atoms with van der Waals surface area (Å²) in [6.07, 6.45) is 5.20. The van der Waals surface area contributed by atoms with E-state index in [4.69, 9.17) is 21.4 Å². The second-order valence-electron chi connectivity index (χ2n) is 17.8. The maximum absolute atomic E-state index is 12.9. The van der Waals surface area contributed by atoms with Gasteiger partial charge in [0, 0.05) is 55.0 Å². The number of amides is 3. The molecule has 0 saturated carbocycles. The van der Waals surface area contributed by atoms with E-state index in [-0.39, 0.29) is 58.5 Å². The van der Waals surface area contributed by atoms with E-state index in [2.05, 4.69) is 75.4 Å². The highest BCUT2D eigenvalue weighted by molar-refractivity contribution is 7.96. The van der Waals surface area contributed by atoms with Crippen LogP contribution in [0, 0.1) is 6.92 Å². The van der Waals surface area contributed by atoms with Crippen molar-refractivity contribution < 1.29 is 38.9 Å². The number of carbonyl (C=O) groups is 5. The first-order valence-electron chi connectivity index (χ1n) is 24.2. The van der Waals surface area contributed by atoms with Crippen LogP contribution in [-0.2, 0) is 24.9 Å². The van der Waals surface area contributed by atoms with Crippen LogP contribution in [0.4, 0.5) is 22.7 Å². The Morgan fingerprint density at radius 2 is 1.82 bits per heavy atom. The molecule has 18 heteroatoms. The van der Waals surface area contributed by atoms with Crippen molar-refractivity contribution in [3.05, 3.63) is 99.4 Å². The number of aliphatic hydroxyl groups excluding tert-OH is 1. The molecule has 2 saturated heterocycles. The second kappa shape index (κ2) is 27.3. The normalized spacial score (nSPS) is 16.7. The number of hydrogen-bond acceptors (Lipinski definition) is 14. The van der Waals surface area contributed by atoms with E-state index in [1.807, 2.05) is 88.3 Å². The number of imide groups is 1. The van der Waals surface area contributed by atoms with Gasteiger partial charge in [0.05, 0.1) is 21.9 Å². The lowest BCUT2D eigenvalue weighted by molar-refractivity contribution is -0.134. The molecule has 72 heavy (non-hydrogen) atoms. The van der Waals surface area contributed by atoms with E-state index in [0.717, 1.165) is 113 Å². The van der Waals surface area contributed by atoms with Gasteiger partial charge in [-0.2, -0.15) is 0 Å². The summed E-state index contributed by atoms with van der Waals surface area (Å²) in [7, 11) is 2.95. The van der Waals surface area contributed by atoms with Crippen LogP contribution in [0.2, 0.25) is 5.02 Å². The van der Waals surface area contributed by atoms with Gasteiger partial charge in [0.15, 0.2) is 16.9 Å². The van der Waals surface area contributed by atoms with Crippen LogP contribution < -0.4 is 30.9 Å². The Labute approximate surface area is 436 Å². The van der Waals surface area contributed by atoms with E-state index in [0.29, 0.717) is 29.8 Å². The molecule has 3 amide bonds. The van der Waals surface area contributed by atoms with Crippen LogP contribution in [-0.4, -0.2) is 110 Å². The number of carbonyl (C=O) groups excluding carboxylic acids is 4. The number of piperidine rings is 2. The molecule has 0 bridgehead atoms. The van der Waals surface area contributed by atoms with Gasteiger partial charge in [-0.05, 0) is 137 Å². The Morgan fingerprint density at radius 3 is 2.50 bits per heavy atom. The highest BCUT2D eigenvalue weighted by Gasteiger charge is 2.36. The molecular weight excluding hydrogens is 974 g/mol. The summed E-state index contributed by atoms with van der Waals surface area (Å²) in [5, 5.41) is 32.0. The molecule has 2 fully saturated rings. The third-order valence-corrected chi connectivity index (χ3v) is 15.8. The van der Waals surface area contributed by atoms with Crippen molar-refractivity contribution in [3.63, 3.8) is 0 Å². The zero-order valence-electron chi connectivity index (χ0n) is 42.2. The molecule has 5 aromatic rings. The van der Waals surface area contributed by atoms with Crippen molar-refractivity contribution in [2.24, 2.45) is 4.99 Å². The lowest BCUT2D eigenvalue weighted by Crippen LogP contribution is -2.52. The fraction of sp³-hybridized carbons (Fsp3) is 0.407. The molecular formula is C54H68ClN7O8S2. The molecule has 3 atom stereocenters. The standard InChI is InChI=1S/C51H58ClN7O7S2.C2H6.CH4O/c1-31-8-6-11-38-37(13-15-41(44(31)38)58(30-61)42-16-17-43(62)57-49(42)63)33(18-21-53-4)19-22-55-40-26-32(12-14-39(40)54-5)29-67-59-23-20-36(28-51(59,2)3)56-35-10-7-9-34(27-35)47-45(52)46(66-25-24-60)48(68-47)50(64)65;2*1-2/h6-15,24,26-27,30,33,36,42,53,55-56H,5,16-23,25,28-29H2,1-4H3,(H,64,65)(H,57,62,63);1-2H3;2H,1H3. The Morgan fingerprint density at radius 1 is 1.07 bits per heavy atom. The van der Waals surface area contributed by atoms with Gasteiger partial charge in [-0.3, -0.25) is 29.5 Å². The first kappa shape index (κ1) is 57.1. The lowest BCUT2D eigenvalue weighted by Gasteiger charge is -2.45. The SMILES string of the molecule is C=Nc1ccc(CSN2CCC(Nc3cccc(-c4sc(C(=O)O)c(OCC=O)c4Cl)c3)CC2(C)C)cc1NCCC(CCNC)c1ccc(N(C=O)C2CCC(=O)NC2=O)c2c(C)cccc12.CC.CO. The van der Waals surface area contributed by atoms with Crippen molar-refractivity contribution in [2.45, 2.75) is 102 Å². The summed E-state index contributed by atoms with van der Waals surface area (Å²) in [6, 6.07) is 23.6.